The molecule has 0 radical (unpaired) electrons. The summed E-state index contributed by atoms with van der Waals surface area (Å²) in [6.07, 6.45) is 3.46. The Kier molecular flexibility index (Phi) is 6.25. The second-order valence-corrected chi connectivity index (χ2v) is 9.93. The van der Waals surface area contributed by atoms with Crippen LogP contribution in [0.15, 0.2) is 24.3 Å². The molecule has 1 atom stereocenters. The van der Waals surface area contributed by atoms with Crippen LogP contribution in [0.2, 0.25) is 5.02 Å². The third kappa shape index (κ3) is 4.59. The summed E-state index contributed by atoms with van der Waals surface area (Å²) in [5.41, 5.74) is 0.620. The van der Waals surface area contributed by atoms with E-state index in [-0.39, 0.29) is 17.6 Å². The fourth-order valence-electron chi connectivity index (χ4n) is 3.93. The molecule has 144 valence electrons. The van der Waals surface area contributed by atoms with Crippen molar-refractivity contribution in [1.82, 2.24) is 9.21 Å². The summed E-state index contributed by atoms with van der Waals surface area (Å²) in [4.78, 5) is 14.7. The molecule has 26 heavy (non-hydrogen) atoms. The summed E-state index contributed by atoms with van der Waals surface area (Å²) in [7, 11) is -3.42. The molecule has 2 heterocycles. The average Bonchev–Trinajstić information content (AvgIpc) is 2.63. The Morgan fingerprint density at radius 1 is 1.15 bits per heavy atom. The first-order valence-corrected chi connectivity index (χ1v) is 11.4. The van der Waals surface area contributed by atoms with Gasteiger partial charge in [-0.15, -0.1) is 0 Å². The summed E-state index contributed by atoms with van der Waals surface area (Å²) in [5, 5.41) is 0.473. The van der Waals surface area contributed by atoms with Gasteiger partial charge < -0.3 is 4.90 Å². The number of hydrogen-bond acceptors (Lipinski definition) is 3. The fraction of sp³-hybridized carbons (Fsp3) is 0.632. The predicted octanol–water partition coefficient (Wildman–Crippen LogP) is 3.14. The number of carbonyl (C=O) groups is 1. The van der Waals surface area contributed by atoms with Crippen LogP contribution in [-0.2, 0) is 20.6 Å². The molecule has 3 rings (SSSR count). The van der Waals surface area contributed by atoms with Gasteiger partial charge in [-0.25, -0.2) is 12.7 Å². The van der Waals surface area contributed by atoms with Crippen LogP contribution in [0.1, 0.15) is 38.2 Å². The van der Waals surface area contributed by atoms with Gasteiger partial charge in [0, 0.05) is 37.1 Å². The van der Waals surface area contributed by atoms with Crippen molar-refractivity contribution in [3.05, 3.63) is 34.9 Å². The fourth-order valence-corrected chi connectivity index (χ4v) is 5.81. The van der Waals surface area contributed by atoms with Gasteiger partial charge in [-0.05, 0) is 43.2 Å². The molecule has 1 amide bonds. The molecular formula is C19H27ClN2O3S. The minimum atomic E-state index is -3.42. The van der Waals surface area contributed by atoms with Gasteiger partial charge >= 0.3 is 0 Å². The highest BCUT2D eigenvalue weighted by molar-refractivity contribution is 7.88. The number of halogens is 1. The average molecular weight is 399 g/mol. The highest BCUT2D eigenvalue weighted by Gasteiger charge is 2.34. The summed E-state index contributed by atoms with van der Waals surface area (Å²) < 4.78 is 26.9. The number of amides is 1. The second kappa shape index (κ2) is 8.28. The standard InChI is InChI=1S/C19H27ClN2O3S/c1-15-5-4-10-21(13-15)19(23)16-8-11-22(12-9-16)26(24,25)14-17-6-2-3-7-18(17)20/h2-3,6-7,15-16H,4-5,8-14H2,1H3. The molecule has 2 aliphatic heterocycles. The first-order valence-electron chi connectivity index (χ1n) is 9.37. The number of likely N-dealkylation sites (tertiary alicyclic amines) is 1. The first kappa shape index (κ1) is 19.6. The maximum Gasteiger partial charge on any atom is 0.225 e. The lowest BCUT2D eigenvalue weighted by Crippen LogP contribution is -2.47. The van der Waals surface area contributed by atoms with E-state index in [9.17, 15) is 13.2 Å². The molecule has 0 bridgehead atoms. The molecule has 0 aliphatic carbocycles. The number of piperidine rings is 2. The number of sulfonamides is 1. The van der Waals surface area contributed by atoms with Gasteiger partial charge in [-0.1, -0.05) is 36.7 Å². The summed E-state index contributed by atoms with van der Waals surface area (Å²) in [6, 6.07) is 7.03. The van der Waals surface area contributed by atoms with E-state index in [2.05, 4.69) is 6.92 Å². The van der Waals surface area contributed by atoms with E-state index in [1.165, 1.54) is 10.7 Å². The van der Waals surface area contributed by atoms with Crippen molar-refractivity contribution < 1.29 is 13.2 Å². The predicted molar refractivity (Wildman–Crippen MR) is 103 cm³/mol. The van der Waals surface area contributed by atoms with Crippen molar-refractivity contribution in [3.63, 3.8) is 0 Å². The molecule has 7 heteroatoms. The van der Waals surface area contributed by atoms with Crippen molar-refractivity contribution in [3.8, 4) is 0 Å². The highest BCUT2D eigenvalue weighted by atomic mass is 35.5. The second-order valence-electron chi connectivity index (χ2n) is 7.55. The topological polar surface area (TPSA) is 57.7 Å². The number of rotatable bonds is 4. The zero-order valence-electron chi connectivity index (χ0n) is 15.2. The molecule has 2 saturated heterocycles. The molecule has 2 aliphatic rings. The van der Waals surface area contributed by atoms with Crippen LogP contribution >= 0.6 is 11.6 Å². The SMILES string of the molecule is CC1CCCN(C(=O)C2CCN(S(=O)(=O)Cc3ccccc3Cl)CC2)C1. The van der Waals surface area contributed by atoms with E-state index in [0.29, 0.717) is 42.4 Å². The molecular weight excluding hydrogens is 372 g/mol. The number of hydrogen-bond donors (Lipinski definition) is 0. The van der Waals surface area contributed by atoms with Crippen LogP contribution in [0.25, 0.3) is 0 Å². The third-order valence-corrected chi connectivity index (χ3v) is 7.66. The summed E-state index contributed by atoms with van der Waals surface area (Å²) in [6.45, 7) is 4.68. The van der Waals surface area contributed by atoms with Crippen molar-refractivity contribution in [1.29, 1.82) is 0 Å². The van der Waals surface area contributed by atoms with Crippen LogP contribution < -0.4 is 0 Å². The van der Waals surface area contributed by atoms with Crippen LogP contribution in [0.5, 0.6) is 0 Å². The highest BCUT2D eigenvalue weighted by Crippen LogP contribution is 2.26. The molecule has 1 aromatic rings. The van der Waals surface area contributed by atoms with Gasteiger partial charge in [0.05, 0.1) is 5.75 Å². The summed E-state index contributed by atoms with van der Waals surface area (Å²) >= 11 is 6.10. The Labute approximate surface area is 161 Å². The van der Waals surface area contributed by atoms with Gasteiger partial charge in [-0.2, -0.15) is 0 Å². The Morgan fingerprint density at radius 2 is 1.85 bits per heavy atom. The lowest BCUT2D eigenvalue weighted by Gasteiger charge is -2.36. The molecule has 1 unspecified atom stereocenters. The van der Waals surface area contributed by atoms with Gasteiger partial charge in [0.2, 0.25) is 15.9 Å². The van der Waals surface area contributed by atoms with Gasteiger partial charge in [0.1, 0.15) is 0 Å². The third-order valence-electron chi connectivity index (χ3n) is 5.46. The van der Waals surface area contributed by atoms with E-state index in [4.69, 9.17) is 11.6 Å². The normalized spacial score (nSPS) is 23.2. The zero-order chi connectivity index (χ0) is 18.7. The molecule has 1 aromatic carbocycles. The number of carbonyl (C=O) groups excluding carboxylic acids is 1. The quantitative estimate of drug-likeness (QED) is 0.782. The Morgan fingerprint density at radius 3 is 2.50 bits per heavy atom. The first-order chi connectivity index (χ1) is 12.4. The van der Waals surface area contributed by atoms with Crippen LogP contribution in [0.4, 0.5) is 0 Å². The van der Waals surface area contributed by atoms with Crippen molar-refractivity contribution in [2.75, 3.05) is 26.2 Å². The lowest BCUT2D eigenvalue weighted by atomic mass is 9.93. The molecule has 0 aromatic heterocycles. The number of benzene rings is 1. The molecule has 0 saturated carbocycles. The minimum absolute atomic E-state index is 0.0490. The van der Waals surface area contributed by atoms with Crippen molar-refractivity contribution in [2.24, 2.45) is 11.8 Å². The zero-order valence-corrected chi connectivity index (χ0v) is 16.8. The molecule has 0 spiro atoms. The maximum absolute atomic E-state index is 12.7. The van der Waals surface area contributed by atoms with Crippen LogP contribution in [0.3, 0.4) is 0 Å². The minimum Gasteiger partial charge on any atom is -0.342 e. The van der Waals surface area contributed by atoms with Crippen molar-refractivity contribution in [2.45, 2.75) is 38.4 Å². The van der Waals surface area contributed by atoms with Crippen LogP contribution in [0, 0.1) is 11.8 Å². The molecule has 0 N–H and O–H groups in total. The smallest absolute Gasteiger partial charge is 0.225 e. The molecule has 2 fully saturated rings. The number of nitrogens with zero attached hydrogens (tertiary/aromatic N) is 2. The van der Waals surface area contributed by atoms with Gasteiger partial charge in [0.15, 0.2) is 0 Å². The Bertz CT molecular complexity index is 745. The van der Waals surface area contributed by atoms with E-state index in [0.717, 1.165) is 19.5 Å². The van der Waals surface area contributed by atoms with E-state index >= 15 is 0 Å². The van der Waals surface area contributed by atoms with E-state index < -0.39 is 10.0 Å². The Balaban J connectivity index is 1.57. The summed E-state index contributed by atoms with van der Waals surface area (Å²) in [5.74, 6) is 0.630. The van der Waals surface area contributed by atoms with E-state index in [1.807, 2.05) is 4.90 Å². The van der Waals surface area contributed by atoms with Gasteiger partial charge in [-0.3, -0.25) is 4.79 Å². The largest absolute Gasteiger partial charge is 0.342 e. The van der Waals surface area contributed by atoms with E-state index in [1.54, 1.807) is 24.3 Å². The van der Waals surface area contributed by atoms with Gasteiger partial charge in [0.25, 0.3) is 0 Å². The van der Waals surface area contributed by atoms with Crippen LogP contribution in [-0.4, -0.2) is 49.7 Å². The monoisotopic (exact) mass is 398 g/mol. The maximum atomic E-state index is 12.7. The Hall–Kier alpha value is -1.11. The molecule has 5 nitrogen and oxygen atoms in total. The lowest BCUT2D eigenvalue weighted by molar-refractivity contribution is -0.138. The van der Waals surface area contributed by atoms with Crippen molar-refractivity contribution >= 4 is 27.5 Å².